The Hall–Kier alpha value is -2.40. The number of amides is 1. The zero-order valence-electron chi connectivity index (χ0n) is 16.8. The Morgan fingerprint density at radius 1 is 1.03 bits per heavy atom. The normalized spacial score (nSPS) is 17.2. The van der Waals surface area contributed by atoms with Crippen LogP contribution in [0.5, 0.6) is 0 Å². The average molecular weight is 499 g/mol. The van der Waals surface area contributed by atoms with Crippen molar-refractivity contribution in [1.29, 1.82) is 0 Å². The maximum Gasteiger partial charge on any atom is 0.293 e. The van der Waals surface area contributed by atoms with Gasteiger partial charge in [0.05, 0.1) is 19.9 Å². The van der Waals surface area contributed by atoms with E-state index in [0.29, 0.717) is 5.69 Å². The molecule has 2 aliphatic rings. The van der Waals surface area contributed by atoms with Crippen LogP contribution in [0.1, 0.15) is 23.2 Å². The molecule has 0 aromatic heterocycles. The summed E-state index contributed by atoms with van der Waals surface area (Å²) in [6, 6.07) is 8.72. The van der Waals surface area contributed by atoms with Gasteiger partial charge in [-0.05, 0) is 43.2 Å². The number of anilines is 1. The Balaban J connectivity index is 1.45. The molecule has 1 aliphatic carbocycles. The van der Waals surface area contributed by atoms with E-state index in [1.165, 1.54) is 33.5 Å². The maximum absolute atomic E-state index is 12.9. The highest BCUT2D eigenvalue weighted by molar-refractivity contribution is 7.89. The lowest BCUT2D eigenvalue weighted by Crippen LogP contribution is -2.50. The van der Waals surface area contributed by atoms with Crippen molar-refractivity contribution in [3.8, 4) is 0 Å². The molecule has 1 saturated heterocycles. The second kappa shape index (κ2) is 8.86. The summed E-state index contributed by atoms with van der Waals surface area (Å²) in [6.07, 6.45) is 1.93. The van der Waals surface area contributed by atoms with Crippen LogP contribution in [0, 0.1) is 10.1 Å². The van der Waals surface area contributed by atoms with Crippen molar-refractivity contribution in [2.45, 2.75) is 23.8 Å². The summed E-state index contributed by atoms with van der Waals surface area (Å²) in [5.41, 5.74) is 0.439. The van der Waals surface area contributed by atoms with E-state index in [0.717, 1.165) is 12.8 Å². The molecule has 4 rings (SSSR count). The van der Waals surface area contributed by atoms with E-state index in [-0.39, 0.29) is 64.3 Å². The first kappa shape index (κ1) is 22.8. The topological polar surface area (TPSA) is 113 Å². The molecule has 1 amide bonds. The van der Waals surface area contributed by atoms with E-state index < -0.39 is 14.9 Å². The second-order valence-electron chi connectivity index (χ2n) is 7.68. The van der Waals surface area contributed by atoms with Gasteiger partial charge in [-0.3, -0.25) is 14.9 Å². The standard InChI is InChI=1S/C20H20Cl2N4O5S/c21-16-5-4-15(12-17(16)22)32(30,31)25-9-7-24(8-10-25)20(27)13-1-6-18(23-14-2-3-14)19(11-13)26(28)29/h1,4-6,11-12,14,23H,2-3,7-10H2. The molecule has 1 heterocycles. The third-order valence-electron chi connectivity index (χ3n) is 5.43. The molecule has 1 aliphatic heterocycles. The molecule has 1 N–H and O–H groups in total. The summed E-state index contributed by atoms with van der Waals surface area (Å²) >= 11 is 11.8. The van der Waals surface area contributed by atoms with Crippen LogP contribution in [0.15, 0.2) is 41.3 Å². The minimum absolute atomic E-state index is 0.0288. The van der Waals surface area contributed by atoms with Crippen molar-refractivity contribution in [2.24, 2.45) is 0 Å². The molecule has 1 saturated carbocycles. The highest BCUT2D eigenvalue weighted by atomic mass is 35.5. The minimum atomic E-state index is -3.79. The number of piperazine rings is 1. The Morgan fingerprint density at radius 3 is 2.31 bits per heavy atom. The molecule has 9 nitrogen and oxygen atoms in total. The molecular weight excluding hydrogens is 479 g/mol. The molecule has 0 atom stereocenters. The number of benzene rings is 2. The van der Waals surface area contributed by atoms with Gasteiger partial charge in [-0.25, -0.2) is 8.42 Å². The number of rotatable bonds is 6. The van der Waals surface area contributed by atoms with Gasteiger partial charge >= 0.3 is 0 Å². The van der Waals surface area contributed by atoms with Gasteiger partial charge in [0, 0.05) is 43.9 Å². The number of halogens is 2. The number of nitrogens with one attached hydrogen (secondary N) is 1. The monoisotopic (exact) mass is 498 g/mol. The van der Waals surface area contributed by atoms with E-state index in [9.17, 15) is 23.3 Å². The van der Waals surface area contributed by atoms with Gasteiger partial charge in [-0.1, -0.05) is 23.2 Å². The molecule has 0 bridgehead atoms. The van der Waals surface area contributed by atoms with Crippen LogP contribution in [-0.2, 0) is 10.0 Å². The Morgan fingerprint density at radius 2 is 1.72 bits per heavy atom. The second-order valence-corrected chi connectivity index (χ2v) is 10.4. The van der Waals surface area contributed by atoms with Crippen molar-refractivity contribution < 1.29 is 18.1 Å². The van der Waals surface area contributed by atoms with Crippen LogP contribution in [0.3, 0.4) is 0 Å². The van der Waals surface area contributed by atoms with Crippen LogP contribution in [0.2, 0.25) is 10.0 Å². The van der Waals surface area contributed by atoms with Gasteiger partial charge in [0.1, 0.15) is 5.69 Å². The summed E-state index contributed by atoms with van der Waals surface area (Å²) in [7, 11) is -3.79. The van der Waals surface area contributed by atoms with E-state index in [2.05, 4.69) is 5.32 Å². The minimum Gasteiger partial charge on any atom is -0.377 e. The predicted octanol–water partition coefficient (Wildman–Crippen LogP) is 3.62. The van der Waals surface area contributed by atoms with Crippen molar-refractivity contribution >= 4 is 50.5 Å². The van der Waals surface area contributed by atoms with E-state index >= 15 is 0 Å². The van der Waals surface area contributed by atoms with Gasteiger partial charge in [0.15, 0.2) is 0 Å². The molecule has 0 unspecified atom stereocenters. The largest absolute Gasteiger partial charge is 0.377 e. The van der Waals surface area contributed by atoms with Crippen molar-refractivity contribution in [1.82, 2.24) is 9.21 Å². The number of nitro benzene ring substituents is 1. The first-order valence-electron chi connectivity index (χ1n) is 9.96. The molecule has 32 heavy (non-hydrogen) atoms. The molecule has 12 heteroatoms. The smallest absolute Gasteiger partial charge is 0.293 e. The lowest BCUT2D eigenvalue weighted by atomic mass is 10.1. The predicted molar refractivity (Wildman–Crippen MR) is 121 cm³/mol. The van der Waals surface area contributed by atoms with Gasteiger partial charge in [0.2, 0.25) is 10.0 Å². The summed E-state index contributed by atoms with van der Waals surface area (Å²) in [5, 5.41) is 15.0. The first-order valence-corrected chi connectivity index (χ1v) is 12.2. The van der Waals surface area contributed by atoms with Crippen LogP contribution < -0.4 is 5.32 Å². The van der Waals surface area contributed by atoms with Gasteiger partial charge in [-0.2, -0.15) is 4.31 Å². The average Bonchev–Trinajstić information content (AvgIpc) is 3.59. The summed E-state index contributed by atoms with van der Waals surface area (Å²) < 4.78 is 27.1. The third kappa shape index (κ3) is 4.68. The highest BCUT2D eigenvalue weighted by Crippen LogP contribution is 2.32. The van der Waals surface area contributed by atoms with E-state index in [4.69, 9.17) is 23.2 Å². The van der Waals surface area contributed by atoms with E-state index in [1.54, 1.807) is 12.1 Å². The molecule has 170 valence electrons. The lowest BCUT2D eigenvalue weighted by Gasteiger charge is -2.34. The zero-order valence-corrected chi connectivity index (χ0v) is 19.2. The Labute approximate surface area is 195 Å². The summed E-state index contributed by atoms with van der Waals surface area (Å²) in [5.74, 6) is -0.377. The SMILES string of the molecule is O=C(c1ccc(NC2CC2)c([N+](=O)[O-])c1)N1CCN(S(=O)(=O)c2ccc(Cl)c(Cl)c2)CC1. The number of carbonyl (C=O) groups excluding carboxylic acids is 1. The Kier molecular flexibility index (Phi) is 6.30. The van der Waals surface area contributed by atoms with Crippen molar-refractivity contribution in [3.05, 3.63) is 62.1 Å². The molecule has 2 aromatic carbocycles. The third-order valence-corrected chi connectivity index (χ3v) is 8.07. The fourth-order valence-electron chi connectivity index (χ4n) is 3.49. The number of hydrogen-bond acceptors (Lipinski definition) is 6. The number of carbonyl (C=O) groups is 1. The van der Waals surface area contributed by atoms with Crippen molar-refractivity contribution in [3.63, 3.8) is 0 Å². The van der Waals surface area contributed by atoms with Crippen LogP contribution in [-0.4, -0.2) is 60.7 Å². The van der Waals surface area contributed by atoms with Crippen LogP contribution in [0.4, 0.5) is 11.4 Å². The summed E-state index contributed by atoms with van der Waals surface area (Å²) in [6.45, 7) is 0.514. The fraction of sp³-hybridized carbons (Fsp3) is 0.350. The molecule has 2 fully saturated rings. The molecule has 2 aromatic rings. The van der Waals surface area contributed by atoms with Crippen LogP contribution >= 0.6 is 23.2 Å². The number of nitro groups is 1. The van der Waals surface area contributed by atoms with Crippen molar-refractivity contribution in [2.75, 3.05) is 31.5 Å². The zero-order chi connectivity index (χ0) is 23.0. The number of hydrogen-bond donors (Lipinski definition) is 1. The maximum atomic E-state index is 12.9. The summed E-state index contributed by atoms with van der Waals surface area (Å²) in [4.78, 5) is 25.4. The Bertz CT molecular complexity index is 1180. The number of nitrogens with zero attached hydrogens (tertiary/aromatic N) is 3. The highest BCUT2D eigenvalue weighted by Gasteiger charge is 2.32. The quantitative estimate of drug-likeness (QED) is 0.480. The lowest BCUT2D eigenvalue weighted by molar-refractivity contribution is -0.384. The first-order chi connectivity index (χ1) is 15.2. The van der Waals surface area contributed by atoms with E-state index in [1.807, 2.05) is 0 Å². The van der Waals surface area contributed by atoms with Gasteiger partial charge < -0.3 is 10.2 Å². The molecular formula is C20H20Cl2N4O5S. The molecule has 0 radical (unpaired) electrons. The van der Waals surface area contributed by atoms with Gasteiger partial charge in [-0.15, -0.1) is 0 Å². The fourth-order valence-corrected chi connectivity index (χ4v) is 5.30. The number of sulfonamides is 1. The van der Waals surface area contributed by atoms with Crippen LogP contribution in [0.25, 0.3) is 0 Å². The molecule has 0 spiro atoms. The van der Waals surface area contributed by atoms with Gasteiger partial charge in [0.25, 0.3) is 11.6 Å².